The van der Waals surface area contributed by atoms with Crippen molar-refractivity contribution < 1.29 is 5.11 Å². The summed E-state index contributed by atoms with van der Waals surface area (Å²) >= 11 is 0. The Morgan fingerprint density at radius 2 is 2.06 bits per heavy atom. The first-order valence-corrected chi connectivity index (χ1v) is 5.79. The fourth-order valence-electron chi connectivity index (χ4n) is 1.16. The lowest BCUT2D eigenvalue weighted by Crippen LogP contribution is -2.20. The van der Waals surface area contributed by atoms with Gasteiger partial charge in [0, 0.05) is 38.4 Å². The Morgan fingerprint density at radius 1 is 1.33 bits per heavy atom. The smallest absolute Gasteiger partial charge is 0.105 e. The summed E-state index contributed by atoms with van der Waals surface area (Å²) in [7, 11) is 0. The van der Waals surface area contributed by atoms with Crippen molar-refractivity contribution in [2.24, 2.45) is 0 Å². The van der Waals surface area contributed by atoms with Crippen molar-refractivity contribution in [1.29, 1.82) is 10.5 Å². The molecule has 6 heteroatoms. The molecule has 1 aromatic rings. The van der Waals surface area contributed by atoms with Gasteiger partial charge in [0.2, 0.25) is 0 Å². The summed E-state index contributed by atoms with van der Waals surface area (Å²) in [6.07, 6.45) is 4.58. The molecule has 0 radical (unpaired) electrons. The molecule has 0 aliphatic rings. The molecule has 18 heavy (non-hydrogen) atoms. The fraction of sp³-hybridized carbons (Fsp3) is 0.583. The van der Waals surface area contributed by atoms with Gasteiger partial charge in [0.15, 0.2) is 0 Å². The predicted molar refractivity (Wildman–Crippen MR) is 67.4 cm³/mol. The van der Waals surface area contributed by atoms with Crippen molar-refractivity contribution in [2.75, 3.05) is 19.7 Å². The third-order valence-corrected chi connectivity index (χ3v) is 2.09. The second-order valence-electron chi connectivity index (χ2n) is 3.46. The molecule has 6 nitrogen and oxygen atoms in total. The first-order valence-electron chi connectivity index (χ1n) is 5.79. The van der Waals surface area contributed by atoms with Crippen molar-refractivity contribution in [3.8, 4) is 12.1 Å². The Balaban J connectivity index is 0.000000494. The number of hydrogen-bond donors (Lipinski definition) is 2. The Morgan fingerprint density at radius 3 is 2.50 bits per heavy atom. The molecular formula is C12H19N5O. The van der Waals surface area contributed by atoms with Crippen LogP contribution in [0.2, 0.25) is 0 Å². The van der Waals surface area contributed by atoms with E-state index in [1.807, 2.05) is 13.1 Å². The van der Waals surface area contributed by atoms with Gasteiger partial charge in [0.1, 0.15) is 5.82 Å². The van der Waals surface area contributed by atoms with Crippen molar-refractivity contribution in [3.63, 3.8) is 0 Å². The molecule has 0 fully saturated rings. The third-order valence-electron chi connectivity index (χ3n) is 2.09. The van der Waals surface area contributed by atoms with Crippen LogP contribution in [0, 0.1) is 29.6 Å². The van der Waals surface area contributed by atoms with Crippen LogP contribution in [0.25, 0.3) is 0 Å². The maximum atomic E-state index is 8.29. The summed E-state index contributed by atoms with van der Waals surface area (Å²) in [6.45, 7) is 4.53. The van der Waals surface area contributed by atoms with E-state index >= 15 is 0 Å². The minimum atomic E-state index is -0.0174. The van der Waals surface area contributed by atoms with Gasteiger partial charge in [-0.1, -0.05) is 0 Å². The molecule has 0 saturated carbocycles. The number of nitriles is 2. The summed E-state index contributed by atoms with van der Waals surface area (Å²) in [6, 6.07) is 3.86. The number of aromatic nitrogens is 2. The van der Waals surface area contributed by atoms with Gasteiger partial charge in [-0.05, 0) is 6.92 Å². The molecule has 2 N–H and O–H groups in total. The zero-order valence-corrected chi connectivity index (χ0v) is 10.6. The second kappa shape index (κ2) is 11.6. The quantitative estimate of drug-likeness (QED) is 0.719. The molecule has 98 valence electrons. The van der Waals surface area contributed by atoms with Gasteiger partial charge in [0.25, 0.3) is 0 Å². The van der Waals surface area contributed by atoms with Gasteiger partial charge in [0.05, 0.1) is 25.2 Å². The molecule has 1 heterocycles. The molecule has 0 aliphatic heterocycles. The lowest BCUT2D eigenvalue weighted by molar-refractivity contribution is 0.304. The Kier molecular flexibility index (Phi) is 10.4. The minimum Gasteiger partial charge on any atom is -0.395 e. The topological polar surface area (TPSA) is 97.7 Å². The van der Waals surface area contributed by atoms with Crippen LogP contribution < -0.4 is 5.32 Å². The predicted octanol–water partition coefficient (Wildman–Crippen LogP) is 0.587. The highest BCUT2D eigenvalue weighted by molar-refractivity contribution is 4.88. The average Bonchev–Trinajstić information content (AvgIpc) is 2.77. The zero-order valence-electron chi connectivity index (χ0n) is 10.6. The highest BCUT2D eigenvalue weighted by Crippen LogP contribution is 1.93. The average molecular weight is 249 g/mol. The fourth-order valence-corrected chi connectivity index (χ4v) is 1.16. The molecule has 1 rings (SSSR count). The van der Waals surface area contributed by atoms with E-state index in [0.29, 0.717) is 6.42 Å². The first-order chi connectivity index (χ1) is 8.76. The molecule has 0 aliphatic carbocycles. The molecule has 0 atom stereocenters. The van der Waals surface area contributed by atoms with E-state index in [1.165, 1.54) is 0 Å². The molecule has 0 amide bonds. The highest BCUT2D eigenvalue weighted by atomic mass is 16.2. The molecule has 0 bridgehead atoms. The van der Waals surface area contributed by atoms with Gasteiger partial charge in [-0.3, -0.25) is 0 Å². The maximum Gasteiger partial charge on any atom is 0.105 e. The SMILES string of the molecule is Cc1nccn1CCNCCC#N.N#CCCO. The summed E-state index contributed by atoms with van der Waals surface area (Å²) < 4.78 is 2.08. The number of rotatable bonds is 6. The van der Waals surface area contributed by atoms with Gasteiger partial charge >= 0.3 is 0 Å². The number of nitrogens with zero attached hydrogens (tertiary/aromatic N) is 4. The van der Waals surface area contributed by atoms with Crippen molar-refractivity contribution in [3.05, 3.63) is 18.2 Å². The molecule has 0 unspecified atom stereocenters. The summed E-state index contributed by atoms with van der Waals surface area (Å²) in [4.78, 5) is 4.11. The second-order valence-corrected chi connectivity index (χ2v) is 3.46. The van der Waals surface area contributed by atoms with E-state index in [-0.39, 0.29) is 13.0 Å². The summed E-state index contributed by atoms with van der Waals surface area (Å²) in [5, 5.41) is 27.0. The number of nitrogens with one attached hydrogen (secondary N) is 1. The number of aryl methyl sites for hydroxylation is 1. The van der Waals surface area contributed by atoms with E-state index in [4.69, 9.17) is 15.6 Å². The van der Waals surface area contributed by atoms with Crippen LogP contribution in [0.3, 0.4) is 0 Å². The number of aliphatic hydroxyl groups is 1. The minimum absolute atomic E-state index is 0.0174. The van der Waals surface area contributed by atoms with Crippen LogP contribution in [0.4, 0.5) is 0 Å². The Labute approximate surface area is 107 Å². The first kappa shape index (κ1) is 16.1. The van der Waals surface area contributed by atoms with Gasteiger partial charge < -0.3 is 15.0 Å². The molecule has 0 saturated heterocycles. The highest BCUT2D eigenvalue weighted by Gasteiger charge is 1.94. The number of imidazole rings is 1. The lowest BCUT2D eigenvalue weighted by atomic mass is 10.4. The van der Waals surface area contributed by atoms with E-state index in [9.17, 15) is 0 Å². The molecular weight excluding hydrogens is 230 g/mol. The molecule has 0 spiro atoms. The lowest BCUT2D eigenvalue weighted by Gasteiger charge is -2.04. The maximum absolute atomic E-state index is 8.29. The van der Waals surface area contributed by atoms with Gasteiger partial charge in [-0.15, -0.1) is 0 Å². The van der Waals surface area contributed by atoms with E-state index in [1.54, 1.807) is 12.3 Å². The monoisotopic (exact) mass is 249 g/mol. The van der Waals surface area contributed by atoms with Crippen LogP contribution in [-0.4, -0.2) is 34.4 Å². The molecule has 0 aromatic carbocycles. The van der Waals surface area contributed by atoms with Gasteiger partial charge in [-0.2, -0.15) is 10.5 Å². The van der Waals surface area contributed by atoms with Gasteiger partial charge in [-0.25, -0.2) is 4.98 Å². The van der Waals surface area contributed by atoms with E-state index in [2.05, 4.69) is 20.9 Å². The van der Waals surface area contributed by atoms with Crippen LogP contribution >= 0.6 is 0 Å². The van der Waals surface area contributed by atoms with Crippen LogP contribution in [0.15, 0.2) is 12.4 Å². The number of hydrogen-bond acceptors (Lipinski definition) is 5. The molecule has 1 aromatic heterocycles. The standard InChI is InChI=1S/C9H14N4.C3H5NO/c1-9-12-6-8-13(9)7-5-11-4-2-3-10;4-2-1-3-5/h6,8,11H,2,4-5,7H2,1H3;5H,1,3H2. The number of aliphatic hydroxyl groups excluding tert-OH is 1. The Bertz CT molecular complexity index is 388. The summed E-state index contributed by atoms with van der Waals surface area (Å²) in [5.74, 6) is 1.03. The van der Waals surface area contributed by atoms with Crippen molar-refractivity contribution in [1.82, 2.24) is 14.9 Å². The zero-order chi connectivity index (χ0) is 13.6. The third kappa shape index (κ3) is 8.28. The van der Waals surface area contributed by atoms with E-state index < -0.39 is 0 Å². The summed E-state index contributed by atoms with van der Waals surface area (Å²) in [5.41, 5.74) is 0. The normalized spacial score (nSPS) is 8.89. The van der Waals surface area contributed by atoms with Crippen LogP contribution in [-0.2, 0) is 6.54 Å². The van der Waals surface area contributed by atoms with E-state index in [0.717, 1.165) is 25.5 Å². The van der Waals surface area contributed by atoms with Crippen molar-refractivity contribution in [2.45, 2.75) is 26.3 Å². The van der Waals surface area contributed by atoms with Crippen molar-refractivity contribution >= 4 is 0 Å². The Hall–Kier alpha value is -1.89. The van der Waals surface area contributed by atoms with Crippen LogP contribution in [0.1, 0.15) is 18.7 Å². The largest absolute Gasteiger partial charge is 0.395 e. The van der Waals surface area contributed by atoms with Crippen LogP contribution in [0.5, 0.6) is 0 Å².